The average Bonchev–Trinajstić information content (AvgIpc) is 3.98. The number of nitrogens with zero attached hydrogens (tertiary/aromatic N) is 3. The molecule has 0 aromatic heterocycles. The van der Waals surface area contributed by atoms with Crippen LogP contribution in [0, 0.1) is 11.8 Å². The van der Waals surface area contributed by atoms with Crippen molar-refractivity contribution in [2.75, 3.05) is 51.6 Å². The quantitative estimate of drug-likeness (QED) is 0.0182. The van der Waals surface area contributed by atoms with E-state index in [1.165, 1.54) is 4.90 Å². The number of thioether (sulfide) groups is 1. The second-order valence-electron chi connectivity index (χ2n) is 22.3. The molecule has 1 aromatic carbocycles. The van der Waals surface area contributed by atoms with Gasteiger partial charge in [-0.05, 0) is 102 Å². The number of β-amino-alcohol motifs (C(OH)–C–C–N with tert-alkyl or cyclic N) is 1. The molecule has 1 unspecified atom stereocenters. The first-order valence-corrected chi connectivity index (χ1v) is 30.3. The highest BCUT2D eigenvalue weighted by molar-refractivity contribution is 8.00. The number of imide groups is 1. The van der Waals surface area contributed by atoms with Crippen LogP contribution in [0.2, 0.25) is 0 Å². The van der Waals surface area contributed by atoms with E-state index < -0.39 is 95.9 Å². The van der Waals surface area contributed by atoms with Gasteiger partial charge in [-0.3, -0.25) is 62.6 Å². The van der Waals surface area contributed by atoms with Crippen LogP contribution in [0.5, 0.6) is 0 Å². The van der Waals surface area contributed by atoms with Gasteiger partial charge in [0.05, 0.1) is 49.1 Å². The third-order valence-electron chi connectivity index (χ3n) is 15.2. The van der Waals surface area contributed by atoms with Crippen LogP contribution in [0.25, 0.3) is 0 Å². The smallest absolute Gasteiger partial charge is 0.305 e. The van der Waals surface area contributed by atoms with Gasteiger partial charge in [-0.2, -0.15) is 0 Å². The number of ether oxygens (including phenoxy) is 1. The number of aliphatic imine (C=N–C) groups is 1. The maximum absolute atomic E-state index is 14.1. The summed E-state index contributed by atoms with van der Waals surface area (Å²) >= 11 is 1.13. The van der Waals surface area contributed by atoms with Crippen LogP contribution in [0.15, 0.2) is 35.3 Å². The van der Waals surface area contributed by atoms with Crippen molar-refractivity contribution in [3.63, 3.8) is 0 Å². The maximum atomic E-state index is 14.1. The first-order chi connectivity index (χ1) is 40.1. The Morgan fingerprint density at radius 1 is 0.798 bits per heavy atom. The third kappa shape index (κ3) is 22.9. The van der Waals surface area contributed by atoms with E-state index in [0.717, 1.165) is 24.6 Å². The molecule has 3 aliphatic heterocycles. The summed E-state index contributed by atoms with van der Waals surface area (Å²) in [5.74, 6) is -7.20. The standard InChI is InChI=1S/C56H87N13O14S/c1-33(2)83-31-37-25-38(70)30-68(37)46(72)16-7-4-9-21-60-49(76)36-19-17-35(18-20-36)29-69-47(73)27-44(55(69)82)84-32-39(57)50(77)61-22-10-8-14-41-52(79)65-40(15-11-23-62-56(58)59)51(78)63-28-45(71)64-43(26-48(74)75)54(81)67-42(53(80)66-41)24-34-12-5-3-6-13-34/h3,5-6,12-13,33,35-44,70H,4,7-11,14-32,57H2,1-2H3,(H,60,76)(H,61,77)(H,63,78)(H,64,71)(H,65,79)(H,66,80)(H,67,81)(H,74,75)(H4,58,59,62)/t35?,36?,37-,38+,39-,40+,41+,42-,43+,44?/m0/s1. The highest BCUT2D eigenvalue weighted by Crippen LogP contribution is 2.33. The van der Waals surface area contributed by atoms with Crippen molar-refractivity contribution in [3.05, 3.63) is 35.9 Å². The number of carbonyl (C=O) groups excluding carboxylic acids is 10. The minimum Gasteiger partial charge on any atom is -0.481 e. The van der Waals surface area contributed by atoms with E-state index in [-0.39, 0.29) is 124 Å². The molecule has 28 heteroatoms. The molecule has 1 aliphatic carbocycles. The lowest BCUT2D eigenvalue weighted by molar-refractivity contribution is -0.141. The number of carboxylic acid groups (broad SMARTS) is 1. The van der Waals surface area contributed by atoms with E-state index in [9.17, 15) is 63.0 Å². The number of aliphatic hydroxyl groups is 1. The van der Waals surface area contributed by atoms with Crippen molar-refractivity contribution in [2.24, 2.45) is 34.0 Å². The zero-order chi connectivity index (χ0) is 61.3. The summed E-state index contributed by atoms with van der Waals surface area (Å²) in [6.07, 6.45) is 4.88. The van der Waals surface area contributed by atoms with Crippen molar-refractivity contribution >= 4 is 82.8 Å². The predicted octanol–water partition coefficient (Wildman–Crippen LogP) is -1.83. The second kappa shape index (κ2) is 34.8. The fourth-order valence-corrected chi connectivity index (χ4v) is 11.6. The molecule has 1 aromatic rings. The van der Waals surface area contributed by atoms with Gasteiger partial charge in [0.1, 0.15) is 24.2 Å². The molecular formula is C56H87N13O14S. The van der Waals surface area contributed by atoms with Gasteiger partial charge in [-0.1, -0.05) is 36.8 Å². The van der Waals surface area contributed by atoms with Crippen molar-refractivity contribution in [2.45, 2.75) is 177 Å². The largest absolute Gasteiger partial charge is 0.481 e. The molecule has 3 saturated heterocycles. The maximum Gasteiger partial charge on any atom is 0.305 e. The number of amides is 10. The van der Waals surface area contributed by atoms with Gasteiger partial charge in [-0.15, -0.1) is 11.8 Å². The Labute approximate surface area is 494 Å². The van der Waals surface area contributed by atoms with Crippen molar-refractivity contribution in [3.8, 4) is 0 Å². The van der Waals surface area contributed by atoms with Crippen LogP contribution < -0.4 is 54.4 Å². The molecule has 8 atom stereocenters. The molecule has 15 N–H and O–H groups in total. The molecule has 3 heterocycles. The number of nitrogens with two attached hydrogens (primary N) is 3. The van der Waals surface area contributed by atoms with Gasteiger partial charge in [-0.25, -0.2) is 0 Å². The van der Waals surface area contributed by atoms with E-state index in [1.807, 2.05) is 13.8 Å². The van der Waals surface area contributed by atoms with Crippen LogP contribution in [-0.2, 0) is 63.9 Å². The summed E-state index contributed by atoms with van der Waals surface area (Å²) in [5, 5.41) is 37.3. The highest BCUT2D eigenvalue weighted by Gasteiger charge is 2.41. The number of carboxylic acids is 1. The number of aliphatic hydroxyl groups excluding tert-OH is 1. The van der Waals surface area contributed by atoms with Gasteiger partial charge in [0.25, 0.3) is 0 Å². The molecule has 27 nitrogen and oxygen atoms in total. The van der Waals surface area contributed by atoms with Crippen LogP contribution in [-0.4, -0.2) is 196 Å². The van der Waals surface area contributed by atoms with Gasteiger partial charge in [0.2, 0.25) is 59.1 Å². The number of nitrogens with one attached hydrogen (secondary N) is 7. The number of hydrogen-bond donors (Lipinski definition) is 12. The first kappa shape index (κ1) is 67.9. The summed E-state index contributed by atoms with van der Waals surface area (Å²) in [6, 6.07) is 1.83. The topological polar surface area (TPSA) is 419 Å². The average molecular weight is 1200 g/mol. The fourth-order valence-electron chi connectivity index (χ4n) is 10.5. The van der Waals surface area contributed by atoms with E-state index in [4.69, 9.17) is 21.9 Å². The molecule has 4 aliphatic rings. The Morgan fingerprint density at radius 3 is 2.13 bits per heavy atom. The lowest BCUT2D eigenvalue weighted by Crippen LogP contribution is -2.58. The van der Waals surface area contributed by atoms with Crippen molar-refractivity contribution in [1.82, 2.24) is 47.0 Å². The molecule has 5 rings (SSSR count). The van der Waals surface area contributed by atoms with Crippen molar-refractivity contribution in [1.29, 1.82) is 0 Å². The lowest BCUT2D eigenvalue weighted by atomic mass is 9.81. The number of aliphatic carboxylic acids is 1. The number of hydrogen-bond acceptors (Lipinski definition) is 16. The number of rotatable bonds is 29. The SMILES string of the molecule is CC(C)OC[C@@H]1C[C@@H](O)CN1C(=O)CCCCCNC(=O)C1CCC(CN2C(=O)CC(SC[C@H](N)C(=O)NCCCC[C@H]3NC(=O)[C@H](Cc4ccccc4)NC(=O)[C@@H](CC(=O)O)NC(=O)CNC(=O)[C@@H](CCCN=C(N)N)NC3=O)C2=O)CC1. The molecule has 1 saturated carbocycles. The van der Waals surface area contributed by atoms with Crippen LogP contribution in [0.4, 0.5) is 0 Å². The number of guanidine groups is 1. The lowest BCUT2D eigenvalue weighted by Gasteiger charge is -2.30. The summed E-state index contributed by atoms with van der Waals surface area (Å²) in [6.45, 7) is 4.84. The minimum absolute atomic E-state index is 0.00448. The number of carbonyl (C=O) groups is 11. The predicted molar refractivity (Wildman–Crippen MR) is 310 cm³/mol. The summed E-state index contributed by atoms with van der Waals surface area (Å²) in [4.78, 5) is 152. The Morgan fingerprint density at radius 2 is 1.44 bits per heavy atom. The Balaban J connectivity index is 1.06. The summed E-state index contributed by atoms with van der Waals surface area (Å²) in [5.41, 5.74) is 17.8. The highest BCUT2D eigenvalue weighted by atomic mass is 32.2. The van der Waals surface area contributed by atoms with Crippen LogP contribution in [0.3, 0.4) is 0 Å². The fraction of sp³-hybridized carbons (Fsp3) is 0.679. The Hall–Kier alpha value is -6.91. The molecular weight excluding hydrogens is 1110 g/mol. The van der Waals surface area contributed by atoms with Gasteiger partial charge >= 0.3 is 5.97 Å². The monoisotopic (exact) mass is 1200 g/mol. The summed E-state index contributed by atoms with van der Waals surface area (Å²) in [7, 11) is 0. The second-order valence-corrected chi connectivity index (χ2v) is 23.5. The molecule has 466 valence electrons. The number of benzene rings is 1. The zero-order valence-electron chi connectivity index (χ0n) is 48.2. The summed E-state index contributed by atoms with van der Waals surface area (Å²) < 4.78 is 5.70. The zero-order valence-corrected chi connectivity index (χ0v) is 49.0. The van der Waals surface area contributed by atoms with Crippen LogP contribution in [0.1, 0.15) is 122 Å². The molecule has 0 spiro atoms. The van der Waals surface area contributed by atoms with E-state index in [0.29, 0.717) is 70.2 Å². The van der Waals surface area contributed by atoms with E-state index in [1.54, 1.807) is 35.2 Å². The molecule has 0 bridgehead atoms. The number of unbranched alkanes of at least 4 members (excludes halogenated alkanes) is 3. The Kier molecular flexibility index (Phi) is 28.1. The third-order valence-corrected chi connectivity index (χ3v) is 16.5. The minimum atomic E-state index is -1.64. The molecule has 84 heavy (non-hydrogen) atoms. The van der Waals surface area contributed by atoms with Gasteiger partial charge in [0.15, 0.2) is 5.96 Å². The first-order valence-electron chi connectivity index (χ1n) is 29.2. The molecule has 0 radical (unpaired) electrons. The van der Waals surface area contributed by atoms with E-state index in [2.05, 4.69) is 42.2 Å². The van der Waals surface area contributed by atoms with Crippen molar-refractivity contribution < 1.29 is 67.7 Å². The van der Waals surface area contributed by atoms with Gasteiger partial charge in [0, 0.05) is 63.7 Å². The Bertz CT molecular complexity index is 2460. The van der Waals surface area contributed by atoms with Gasteiger partial charge < -0.3 is 74.3 Å². The van der Waals surface area contributed by atoms with E-state index >= 15 is 0 Å². The molecule has 4 fully saturated rings. The molecule has 10 amide bonds. The van der Waals surface area contributed by atoms with Crippen LogP contribution >= 0.6 is 11.8 Å². The number of likely N-dealkylation sites (tertiary alicyclic amines) is 2. The normalized spacial score (nSPS) is 24.9.